The predicted molar refractivity (Wildman–Crippen MR) is 74.1 cm³/mol. The average Bonchev–Trinajstić information content (AvgIpc) is 2.47. The lowest BCUT2D eigenvalue weighted by atomic mass is 9.79. The van der Waals surface area contributed by atoms with Crippen molar-refractivity contribution in [3.05, 3.63) is 24.3 Å². The van der Waals surface area contributed by atoms with Crippen molar-refractivity contribution in [2.24, 2.45) is 10.4 Å². The molecule has 2 heterocycles. The lowest BCUT2D eigenvalue weighted by Gasteiger charge is -2.43. The molecule has 0 saturated carbocycles. The fourth-order valence-electron chi connectivity index (χ4n) is 3.43. The monoisotopic (exact) mass is 260 g/mol. The molecule has 0 aromatic heterocycles. The first-order valence-corrected chi connectivity index (χ1v) is 6.61. The minimum absolute atomic E-state index is 0.234. The molecule has 102 valence electrons. The van der Waals surface area contributed by atoms with E-state index in [1.54, 1.807) is 6.21 Å². The van der Waals surface area contributed by atoms with Crippen molar-refractivity contribution in [2.75, 3.05) is 0 Å². The zero-order valence-electron chi connectivity index (χ0n) is 11.8. The second-order valence-electron chi connectivity index (χ2n) is 6.71. The van der Waals surface area contributed by atoms with E-state index in [4.69, 9.17) is 4.74 Å². The number of hydrogen-bond donors (Lipinski definition) is 1. The Hall–Kier alpha value is -1.39. The topological polar surface area (TPSA) is 45.1 Å². The van der Waals surface area contributed by atoms with Crippen LogP contribution < -0.4 is 4.74 Å². The van der Waals surface area contributed by atoms with Crippen molar-refractivity contribution in [2.45, 2.75) is 45.4 Å². The van der Waals surface area contributed by atoms with E-state index in [1.165, 1.54) is 5.06 Å². The molecule has 2 aliphatic rings. The third-order valence-corrected chi connectivity index (χ3v) is 4.24. The molecule has 0 bridgehead atoms. The smallest absolute Gasteiger partial charge is 0.226 e. The predicted octanol–water partition coefficient (Wildman–Crippen LogP) is 3.38. The molecule has 1 atom stereocenters. The summed E-state index contributed by atoms with van der Waals surface area (Å²) in [6.07, 6.45) is 2.56. The van der Waals surface area contributed by atoms with Gasteiger partial charge >= 0.3 is 0 Å². The van der Waals surface area contributed by atoms with Gasteiger partial charge in [-0.05, 0) is 32.4 Å². The molecule has 4 heteroatoms. The second-order valence-corrected chi connectivity index (χ2v) is 6.71. The number of para-hydroxylation sites is 2. The Morgan fingerprint density at radius 3 is 2.53 bits per heavy atom. The number of aliphatic imine (C=N–C) groups is 1. The molecular weight excluding hydrogens is 240 g/mol. The van der Waals surface area contributed by atoms with Crippen LogP contribution in [0.2, 0.25) is 0 Å². The summed E-state index contributed by atoms with van der Waals surface area (Å²) in [5.74, 6) is 0.717. The Balaban J connectivity index is 2.11. The summed E-state index contributed by atoms with van der Waals surface area (Å²) in [5.41, 5.74) is -0.670. The second kappa shape index (κ2) is 3.58. The summed E-state index contributed by atoms with van der Waals surface area (Å²) >= 11 is 0. The van der Waals surface area contributed by atoms with Gasteiger partial charge in [-0.1, -0.05) is 26.0 Å². The highest BCUT2D eigenvalue weighted by molar-refractivity contribution is 5.78. The van der Waals surface area contributed by atoms with Crippen LogP contribution in [-0.4, -0.2) is 27.7 Å². The van der Waals surface area contributed by atoms with Crippen LogP contribution in [0.1, 0.15) is 34.1 Å². The van der Waals surface area contributed by atoms with Gasteiger partial charge in [0.2, 0.25) is 5.72 Å². The first-order valence-electron chi connectivity index (χ1n) is 6.61. The Kier molecular flexibility index (Phi) is 2.38. The Morgan fingerprint density at radius 1 is 1.21 bits per heavy atom. The van der Waals surface area contributed by atoms with E-state index in [1.807, 2.05) is 38.1 Å². The van der Waals surface area contributed by atoms with Gasteiger partial charge < -0.3 is 9.94 Å². The zero-order valence-corrected chi connectivity index (χ0v) is 11.8. The molecule has 19 heavy (non-hydrogen) atoms. The molecule has 0 radical (unpaired) electrons. The number of ether oxygens (including phenoxy) is 1. The third-order valence-electron chi connectivity index (χ3n) is 4.24. The Labute approximate surface area is 113 Å². The number of hydrogen-bond acceptors (Lipinski definition) is 4. The van der Waals surface area contributed by atoms with E-state index in [9.17, 15) is 5.21 Å². The summed E-state index contributed by atoms with van der Waals surface area (Å²) in [4.78, 5) is 4.49. The van der Waals surface area contributed by atoms with Gasteiger partial charge in [0.25, 0.3) is 0 Å². The number of nitrogens with zero attached hydrogens (tertiary/aromatic N) is 2. The molecule has 0 unspecified atom stereocenters. The number of fused-ring (bicyclic) bond motifs is 1. The average molecular weight is 260 g/mol. The summed E-state index contributed by atoms with van der Waals surface area (Å²) in [5, 5.41) is 11.9. The molecule has 3 rings (SSSR count). The third kappa shape index (κ3) is 1.56. The van der Waals surface area contributed by atoms with Crippen LogP contribution in [0.15, 0.2) is 29.3 Å². The van der Waals surface area contributed by atoms with Crippen LogP contribution in [0.3, 0.4) is 0 Å². The number of hydroxylamine groups is 2. The van der Waals surface area contributed by atoms with Gasteiger partial charge in [-0.3, -0.25) is 4.99 Å². The highest BCUT2D eigenvalue weighted by Crippen LogP contribution is 2.54. The van der Waals surface area contributed by atoms with Crippen LogP contribution in [0, 0.1) is 5.41 Å². The molecule has 1 fully saturated rings. The van der Waals surface area contributed by atoms with Gasteiger partial charge in [0.05, 0.1) is 6.21 Å². The summed E-state index contributed by atoms with van der Waals surface area (Å²) in [6, 6.07) is 7.65. The van der Waals surface area contributed by atoms with Crippen LogP contribution >= 0.6 is 0 Å². The van der Waals surface area contributed by atoms with E-state index >= 15 is 0 Å². The van der Waals surface area contributed by atoms with Gasteiger partial charge in [-0.15, -0.1) is 5.06 Å². The first-order chi connectivity index (χ1) is 8.79. The van der Waals surface area contributed by atoms with Crippen LogP contribution in [0.5, 0.6) is 5.75 Å². The molecule has 4 nitrogen and oxygen atoms in total. The van der Waals surface area contributed by atoms with Gasteiger partial charge in [0, 0.05) is 11.0 Å². The summed E-state index contributed by atoms with van der Waals surface area (Å²) in [7, 11) is 0. The fourth-order valence-corrected chi connectivity index (χ4v) is 3.43. The van der Waals surface area contributed by atoms with E-state index in [-0.39, 0.29) is 11.0 Å². The lowest BCUT2D eigenvalue weighted by Crippen LogP contribution is -2.60. The molecule has 1 aromatic carbocycles. The number of rotatable bonds is 0. The molecule has 1 saturated heterocycles. The maximum Gasteiger partial charge on any atom is 0.226 e. The Morgan fingerprint density at radius 2 is 1.89 bits per heavy atom. The first kappa shape index (κ1) is 12.6. The molecule has 2 aliphatic heterocycles. The molecule has 1 N–H and O–H groups in total. The molecular formula is C15H20N2O2. The lowest BCUT2D eigenvalue weighted by molar-refractivity contribution is -0.249. The SMILES string of the molecule is CC1(C)CC(C)(C)[C@]2(C=Nc3ccccc3O2)N1O. The van der Waals surface area contributed by atoms with Crippen LogP contribution in [0.25, 0.3) is 0 Å². The van der Waals surface area contributed by atoms with Crippen molar-refractivity contribution in [1.29, 1.82) is 0 Å². The maximum absolute atomic E-state index is 10.6. The van der Waals surface area contributed by atoms with E-state index in [2.05, 4.69) is 18.8 Å². The van der Waals surface area contributed by atoms with Crippen molar-refractivity contribution < 1.29 is 9.94 Å². The van der Waals surface area contributed by atoms with E-state index < -0.39 is 5.72 Å². The van der Waals surface area contributed by atoms with Crippen LogP contribution in [-0.2, 0) is 0 Å². The molecule has 1 aromatic rings. The molecule has 1 spiro atoms. The number of benzene rings is 1. The van der Waals surface area contributed by atoms with Gasteiger partial charge in [0.1, 0.15) is 11.4 Å². The summed E-state index contributed by atoms with van der Waals surface area (Å²) < 4.78 is 6.17. The normalized spacial score (nSPS) is 31.2. The largest absolute Gasteiger partial charge is 0.462 e. The Bertz CT molecular complexity index is 551. The van der Waals surface area contributed by atoms with E-state index in [0.717, 1.165) is 17.9 Å². The molecule has 0 amide bonds. The van der Waals surface area contributed by atoms with Crippen molar-refractivity contribution in [3.63, 3.8) is 0 Å². The van der Waals surface area contributed by atoms with E-state index in [0.29, 0.717) is 0 Å². The highest BCUT2D eigenvalue weighted by atomic mass is 16.6. The van der Waals surface area contributed by atoms with Crippen molar-refractivity contribution in [1.82, 2.24) is 5.06 Å². The minimum atomic E-state index is -0.898. The highest BCUT2D eigenvalue weighted by Gasteiger charge is 2.64. The van der Waals surface area contributed by atoms with Gasteiger partial charge in [-0.2, -0.15) is 0 Å². The molecule has 0 aliphatic carbocycles. The minimum Gasteiger partial charge on any atom is -0.462 e. The van der Waals surface area contributed by atoms with Crippen molar-refractivity contribution in [3.8, 4) is 5.75 Å². The summed E-state index contributed by atoms with van der Waals surface area (Å²) in [6.45, 7) is 8.23. The standard InChI is InChI=1S/C15H20N2O2/c1-13(2)9-14(3,4)17(18)15(13)10-16-11-7-5-6-8-12(11)19-15/h5-8,10,18H,9H2,1-4H3/t15-/m1/s1. The van der Waals surface area contributed by atoms with Crippen LogP contribution in [0.4, 0.5) is 5.69 Å². The van der Waals surface area contributed by atoms with Gasteiger partial charge in [0.15, 0.2) is 0 Å². The zero-order chi connectivity index (χ0) is 13.9. The maximum atomic E-state index is 10.6. The van der Waals surface area contributed by atoms with Crippen molar-refractivity contribution >= 4 is 11.9 Å². The quantitative estimate of drug-likeness (QED) is 0.777. The fraction of sp³-hybridized carbons (Fsp3) is 0.533. The van der Waals surface area contributed by atoms with Gasteiger partial charge in [-0.25, -0.2) is 0 Å².